The third kappa shape index (κ3) is 9.79. The highest BCUT2D eigenvalue weighted by atomic mass is 35.5. The number of benzene rings is 2. The first kappa shape index (κ1) is 43.7. The summed E-state index contributed by atoms with van der Waals surface area (Å²) < 4.78 is 73.3. The highest BCUT2D eigenvalue weighted by Gasteiger charge is 2.45. The number of nitrogens with zero attached hydrogens (tertiary/aromatic N) is 3. The molecule has 0 saturated heterocycles. The third-order valence-electron chi connectivity index (χ3n) is 10.4. The van der Waals surface area contributed by atoms with Gasteiger partial charge in [-0.15, -0.1) is 0 Å². The van der Waals surface area contributed by atoms with Gasteiger partial charge in [0.1, 0.15) is 12.1 Å². The van der Waals surface area contributed by atoms with Crippen LogP contribution < -0.4 is 4.90 Å². The molecular weight excluding hydrogens is 798 g/mol. The summed E-state index contributed by atoms with van der Waals surface area (Å²) in [5, 5.41) is 1.16. The molecule has 5 rings (SSSR count). The van der Waals surface area contributed by atoms with E-state index in [9.17, 15) is 30.7 Å². The molecule has 1 amide bonds. The number of fused-ring (bicyclic) bond motifs is 2. The predicted molar refractivity (Wildman–Crippen MR) is 224 cm³/mol. The smallest absolute Gasteiger partial charge is 0.414 e. The van der Waals surface area contributed by atoms with Crippen molar-refractivity contribution in [2.75, 3.05) is 36.5 Å². The molecule has 11 nitrogen and oxygen atoms in total. The second-order valence-corrected chi connectivity index (χ2v) is 20.5. The van der Waals surface area contributed by atoms with Crippen molar-refractivity contribution in [2.24, 2.45) is 0 Å². The summed E-state index contributed by atoms with van der Waals surface area (Å²) in [7, 11) is -6.62. The molecule has 0 spiro atoms. The fraction of sp³-hybridized carbons (Fsp3) is 0.463. The molecule has 304 valence electrons. The van der Waals surface area contributed by atoms with E-state index in [1.54, 1.807) is 19.2 Å². The van der Waals surface area contributed by atoms with Crippen LogP contribution >= 0.6 is 23.2 Å². The molecule has 15 heteroatoms. The zero-order valence-corrected chi connectivity index (χ0v) is 36.3. The van der Waals surface area contributed by atoms with E-state index in [4.69, 9.17) is 27.9 Å². The van der Waals surface area contributed by atoms with Crippen molar-refractivity contribution in [3.05, 3.63) is 104 Å². The summed E-state index contributed by atoms with van der Waals surface area (Å²) in [6.07, 6.45) is 9.14. The lowest BCUT2D eigenvalue weighted by Crippen LogP contribution is -2.34. The molecule has 1 aliphatic carbocycles. The first-order valence-electron chi connectivity index (χ1n) is 18.5. The molecule has 0 bridgehead atoms. The number of anilines is 1. The average molecular weight is 850 g/mol. The number of carbonyl (C=O) groups is 1. The number of halogens is 2. The third-order valence-corrected chi connectivity index (χ3v) is 12.5. The predicted octanol–water partition coefficient (Wildman–Crippen LogP) is 9.00. The molecule has 2 N–H and O–H groups in total. The van der Waals surface area contributed by atoms with Crippen LogP contribution in [0, 0.1) is 0 Å². The van der Waals surface area contributed by atoms with Gasteiger partial charge < -0.3 is 9.64 Å². The Morgan fingerprint density at radius 1 is 0.893 bits per heavy atom. The van der Waals surface area contributed by atoms with Gasteiger partial charge in [-0.2, -0.15) is 21.4 Å². The van der Waals surface area contributed by atoms with Crippen LogP contribution in [0.4, 0.5) is 16.2 Å². The lowest BCUT2D eigenvalue weighted by atomic mass is 9.81. The first-order valence-corrected chi connectivity index (χ1v) is 22.5. The molecule has 2 aliphatic heterocycles. The molecule has 2 aromatic carbocycles. The average Bonchev–Trinajstić information content (AvgIpc) is 3.62. The van der Waals surface area contributed by atoms with Gasteiger partial charge >= 0.3 is 6.09 Å². The van der Waals surface area contributed by atoms with Crippen molar-refractivity contribution >= 4 is 66.6 Å². The van der Waals surface area contributed by atoms with Crippen molar-refractivity contribution in [3.63, 3.8) is 0 Å². The Morgan fingerprint density at radius 2 is 1.50 bits per heavy atom. The lowest BCUT2D eigenvalue weighted by molar-refractivity contribution is -0.437. The van der Waals surface area contributed by atoms with Gasteiger partial charge in [0.05, 0.1) is 22.6 Å². The number of carbonyl (C=O) groups excluding carboxylic acids is 1. The summed E-state index contributed by atoms with van der Waals surface area (Å²) in [5.41, 5.74) is 6.28. The number of hydrogen-bond donors (Lipinski definition) is 2. The molecule has 0 aromatic heterocycles. The van der Waals surface area contributed by atoms with Crippen molar-refractivity contribution in [2.45, 2.75) is 90.6 Å². The molecule has 2 aromatic rings. The van der Waals surface area contributed by atoms with Gasteiger partial charge in [0.2, 0.25) is 5.69 Å². The van der Waals surface area contributed by atoms with Gasteiger partial charge in [-0.25, -0.2) is 4.79 Å². The highest BCUT2D eigenvalue weighted by Crippen LogP contribution is 2.49. The van der Waals surface area contributed by atoms with Crippen LogP contribution in [0.3, 0.4) is 0 Å². The van der Waals surface area contributed by atoms with Gasteiger partial charge in [-0.1, -0.05) is 49.2 Å². The minimum atomic E-state index is -4.15. The lowest BCUT2D eigenvalue weighted by Gasteiger charge is -2.28. The molecule has 3 aliphatic rings. The van der Waals surface area contributed by atoms with Crippen molar-refractivity contribution < 1.29 is 40.0 Å². The van der Waals surface area contributed by atoms with Gasteiger partial charge in [0.25, 0.3) is 20.2 Å². The zero-order chi connectivity index (χ0) is 41.6. The Labute approximate surface area is 341 Å². The fourth-order valence-electron chi connectivity index (χ4n) is 7.84. The van der Waals surface area contributed by atoms with Gasteiger partial charge in [0, 0.05) is 64.6 Å². The minimum Gasteiger partial charge on any atom is -0.443 e. The molecular formula is C41H52Cl2N3O8S2+. The Balaban J connectivity index is 1.61. The summed E-state index contributed by atoms with van der Waals surface area (Å²) in [6.45, 7) is 14.4. The van der Waals surface area contributed by atoms with Gasteiger partial charge in [-0.05, 0) is 107 Å². The maximum absolute atomic E-state index is 13.6. The Bertz CT molecular complexity index is 2300. The number of hydrogen-bond acceptors (Lipinski definition) is 7. The van der Waals surface area contributed by atoms with Gasteiger partial charge in [0.15, 0.2) is 5.71 Å². The molecule has 2 heterocycles. The van der Waals surface area contributed by atoms with E-state index in [1.807, 2.05) is 69.3 Å². The molecule has 0 radical (unpaired) electrons. The molecule has 0 fully saturated rings. The van der Waals surface area contributed by atoms with E-state index < -0.39 is 42.8 Å². The van der Waals surface area contributed by atoms with Crippen LogP contribution in [0.25, 0.3) is 0 Å². The maximum Gasteiger partial charge on any atom is 0.414 e. The Morgan fingerprint density at radius 3 is 2.12 bits per heavy atom. The standard InChI is InChI=1S/C41H51Cl2N3O8S2/c1-39(2,3)54-38(47)44(8)37-27(13-19-35-40(4,5)31-25-29(42)15-17-33(31)45(35)21-9-23-55(48,49)50)11-12-28(37)14-20-36-41(6,7)32-26-30(43)16-18-34(32)46(36)22-10-24-56(51,52)53/h13-20,25-26H,9-12,21-24H2,1-8H3,(H-,48,49,50,51,52,53)/p+1. The molecule has 56 heavy (non-hydrogen) atoms. The number of rotatable bonds is 12. The van der Waals surface area contributed by atoms with E-state index >= 15 is 0 Å². The monoisotopic (exact) mass is 848 g/mol. The highest BCUT2D eigenvalue weighted by molar-refractivity contribution is 7.86. The van der Waals surface area contributed by atoms with Crippen molar-refractivity contribution in [1.82, 2.24) is 4.90 Å². The second kappa shape index (κ2) is 16.1. The van der Waals surface area contributed by atoms with E-state index in [0.29, 0.717) is 41.7 Å². The van der Waals surface area contributed by atoms with Crippen LogP contribution in [0.5, 0.6) is 0 Å². The van der Waals surface area contributed by atoms with Crippen LogP contribution in [0.15, 0.2) is 83.2 Å². The summed E-state index contributed by atoms with van der Waals surface area (Å²) in [6, 6.07) is 11.3. The van der Waals surface area contributed by atoms with Crippen LogP contribution in [0.2, 0.25) is 10.0 Å². The summed E-state index contributed by atoms with van der Waals surface area (Å²) in [4.78, 5) is 17.2. The topological polar surface area (TPSA) is 145 Å². The van der Waals surface area contributed by atoms with Crippen LogP contribution in [0.1, 0.15) is 85.3 Å². The SMILES string of the molecule is CN(C(=O)OC(C)(C)C)C1=C(/C=C/C2=[N+](CCCS(=O)(=O)O)c3ccc(Cl)cc3C2(C)C)CC/C1=C\C=C1\N(CCCS(=O)(=O)O)c2ccc(Cl)cc2C1(C)C. The largest absolute Gasteiger partial charge is 0.443 e. The van der Waals surface area contributed by atoms with E-state index in [2.05, 4.69) is 37.2 Å². The second-order valence-electron chi connectivity index (χ2n) is 16.5. The maximum atomic E-state index is 13.6. The van der Waals surface area contributed by atoms with Crippen molar-refractivity contribution in [1.29, 1.82) is 0 Å². The van der Waals surface area contributed by atoms with E-state index in [1.165, 1.54) is 4.90 Å². The first-order chi connectivity index (χ1) is 25.8. The fourth-order valence-corrected chi connectivity index (χ4v) is 9.17. The van der Waals surface area contributed by atoms with Crippen molar-refractivity contribution in [3.8, 4) is 0 Å². The van der Waals surface area contributed by atoms with Gasteiger partial charge in [-0.3, -0.25) is 14.0 Å². The Kier molecular flexibility index (Phi) is 12.5. The normalized spacial score (nSPS) is 19.5. The summed E-state index contributed by atoms with van der Waals surface area (Å²) >= 11 is 12.9. The molecule has 0 unspecified atom stereocenters. The van der Waals surface area contributed by atoms with Crippen LogP contribution in [-0.2, 0) is 35.8 Å². The van der Waals surface area contributed by atoms with Crippen LogP contribution in [-0.4, -0.2) is 84.5 Å². The minimum absolute atomic E-state index is 0.199. The number of allylic oxidation sites excluding steroid dienone is 7. The quantitative estimate of drug-likeness (QED) is 0.158. The Hall–Kier alpha value is -3.46. The molecule has 0 saturated carbocycles. The summed E-state index contributed by atoms with van der Waals surface area (Å²) in [5.74, 6) is -0.757. The number of ether oxygens (including phenoxy) is 1. The van der Waals surface area contributed by atoms with E-state index in [-0.39, 0.29) is 24.3 Å². The number of amides is 1. The zero-order valence-electron chi connectivity index (χ0n) is 33.2. The number of likely N-dealkylation sites (N-methyl/N-ethyl adjacent to an activating group) is 1. The molecule has 0 atom stereocenters. The van der Waals surface area contributed by atoms with E-state index in [0.717, 1.165) is 45.1 Å².